The number of nitrogens with zero attached hydrogens (tertiary/aromatic N) is 1. The number of hydrogen-bond donors (Lipinski definition) is 4. The van der Waals surface area contributed by atoms with Gasteiger partial charge >= 0.3 is 6.03 Å². The first kappa shape index (κ1) is 19.8. The fourth-order valence-corrected chi connectivity index (χ4v) is 7.25. The Morgan fingerprint density at radius 2 is 1.65 bits per heavy atom. The number of urea groups is 1. The molecule has 4 fully saturated rings. The number of carbonyl (C=O) groups excluding carboxylic acids is 5. The lowest BCUT2D eigenvalue weighted by Gasteiger charge is -2.41. The summed E-state index contributed by atoms with van der Waals surface area (Å²) in [6.07, 6.45) is -32.8. The number of fused-ring (bicyclic) bond motifs is 1. The van der Waals surface area contributed by atoms with Crippen LogP contribution in [0.4, 0.5) is 4.79 Å². The van der Waals surface area contributed by atoms with Crippen molar-refractivity contribution in [2.24, 2.45) is 22.7 Å². The van der Waals surface area contributed by atoms with E-state index in [4.69, 9.17) is 27.4 Å². The lowest BCUT2D eigenvalue weighted by atomic mass is 9.83. The molecule has 4 aliphatic rings. The molecule has 3 aliphatic carbocycles. The molecule has 0 aromatic heterocycles. The molecular weight excluding hydrogens is 646 g/mol. The predicted octanol–water partition coefficient (Wildman–Crippen LogP) is 3.62. The van der Waals surface area contributed by atoms with E-state index < -0.39 is 160 Å². The van der Waals surface area contributed by atoms with Crippen LogP contribution in [-0.2, 0) is 29.0 Å². The van der Waals surface area contributed by atoms with Crippen molar-refractivity contribution in [1.82, 2.24) is 26.2 Å². The number of rotatable bonds is 13. The molecule has 5 atom stereocenters. The van der Waals surface area contributed by atoms with Crippen LogP contribution >= 0.6 is 0 Å². The maximum Gasteiger partial charge on any atom is 0.315 e. The number of amides is 5. The zero-order valence-corrected chi connectivity index (χ0v) is 29.7. The Morgan fingerprint density at radius 1 is 1.02 bits per heavy atom. The van der Waals surface area contributed by atoms with Crippen LogP contribution in [0.2, 0.25) is 0 Å². The van der Waals surface area contributed by atoms with Crippen molar-refractivity contribution < 1.29 is 59.8 Å². The number of likely N-dealkylation sites (tertiary alicyclic amines) is 1. The van der Waals surface area contributed by atoms with Crippen LogP contribution in [0.5, 0.6) is 0 Å². The van der Waals surface area contributed by atoms with Gasteiger partial charge < -0.3 is 26.2 Å². The molecule has 1 heterocycles. The van der Waals surface area contributed by atoms with Crippen LogP contribution in [0.25, 0.3) is 0 Å². The van der Waals surface area contributed by atoms with Gasteiger partial charge in [0.25, 0.3) is 5.91 Å². The van der Waals surface area contributed by atoms with E-state index in [9.17, 15) is 32.4 Å². The van der Waals surface area contributed by atoms with Crippen molar-refractivity contribution in [3.63, 3.8) is 0 Å². The van der Waals surface area contributed by atoms with Gasteiger partial charge in [-0.15, -0.1) is 0 Å². The second-order valence-electron chi connectivity index (χ2n) is 15.5. The maximum absolute atomic E-state index is 14.9. The van der Waals surface area contributed by atoms with E-state index >= 15 is 0 Å². The SMILES string of the molecule is [2H]C([2H])([2H])C([2H])([2H])C([2H])([2H])C([2H])([2H])[C@@]([2H])(NC(=O)[C@@H]1[C@@H]2[C@H](CN1C(=O)[C@@H](NC(=O)NC1(CS(=O)(=O)C(C)(C)C)C([2H])([2H])C([2H])([2H])C([2H])([2H])C([2H])([2H])C1([2H])[2H])C(C)(C)C)C2(C)C)C(=O)C(=O)NC1CC1. The first-order valence-corrected chi connectivity index (χ1v) is 17.6. The molecule has 4 rings (SSSR count). The minimum Gasteiger partial charge on any atom is -0.347 e. The summed E-state index contributed by atoms with van der Waals surface area (Å²) in [6.45, 7) is 6.28. The summed E-state index contributed by atoms with van der Waals surface area (Å²) in [7, 11) is -4.92. The Morgan fingerprint density at radius 3 is 2.20 bits per heavy atom. The first-order chi connectivity index (χ1) is 30.1. The lowest BCUT2D eigenvalue weighted by Crippen LogP contribution is -2.64. The first-order valence-electron chi connectivity index (χ1n) is 25.9. The highest BCUT2D eigenvalue weighted by atomic mass is 32.2. The number of Topliss-reactive ketones (excluding diaryl/α,β-unsaturated/α-hetero) is 1. The molecule has 0 spiro atoms. The molecule has 1 saturated heterocycles. The Bertz CT molecular complexity index is 2230. The molecule has 3 saturated carbocycles. The monoisotopic (exact) mass is 728 g/mol. The highest BCUT2D eigenvalue weighted by Crippen LogP contribution is 2.65. The third kappa shape index (κ3) is 8.79. The number of hydrogen-bond acceptors (Lipinski definition) is 7. The van der Waals surface area contributed by atoms with Crippen molar-refractivity contribution in [1.29, 1.82) is 0 Å². The summed E-state index contributed by atoms with van der Waals surface area (Å²) in [5, 5.41) is 7.89. The molecule has 4 N–H and O–H groups in total. The molecule has 0 radical (unpaired) electrons. The summed E-state index contributed by atoms with van der Waals surface area (Å²) in [5.74, 6) is -10.1. The highest BCUT2D eigenvalue weighted by Gasteiger charge is 2.70. The van der Waals surface area contributed by atoms with Gasteiger partial charge in [0.15, 0.2) is 9.84 Å². The van der Waals surface area contributed by atoms with Crippen molar-refractivity contribution >= 4 is 39.4 Å². The van der Waals surface area contributed by atoms with Crippen LogP contribution < -0.4 is 21.3 Å². The zero-order valence-electron chi connectivity index (χ0n) is 48.9. The second-order valence-corrected chi connectivity index (χ2v) is 18.2. The van der Waals surface area contributed by atoms with Gasteiger partial charge in [0.1, 0.15) is 12.1 Å². The number of piperidine rings is 1. The smallest absolute Gasteiger partial charge is 0.315 e. The maximum atomic E-state index is 14.9. The van der Waals surface area contributed by atoms with Crippen molar-refractivity contribution in [2.75, 3.05) is 12.3 Å². The van der Waals surface area contributed by atoms with Gasteiger partial charge in [-0.25, -0.2) is 13.2 Å². The number of ketones is 1. The van der Waals surface area contributed by atoms with Crippen LogP contribution in [0.1, 0.15) is 153 Å². The van der Waals surface area contributed by atoms with Gasteiger partial charge in [-0.05, 0) is 75.4 Å². The van der Waals surface area contributed by atoms with E-state index in [1.165, 1.54) is 20.8 Å². The van der Waals surface area contributed by atoms with E-state index in [2.05, 4.69) is 10.6 Å². The molecule has 12 nitrogen and oxygen atoms in total. The number of sulfone groups is 1. The van der Waals surface area contributed by atoms with Crippen LogP contribution in [0, 0.1) is 22.7 Å². The summed E-state index contributed by atoms with van der Waals surface area (Å²) in [6, 6.07) is -10.5. The van der Waals surface area contributed by atoms with Crippen LogP contribution in [-0.4, -0.2) is 89.6 Å². The zero-order chi connectivity index (χ0) is 54.5. The van der Waals surface area contributed by atoms with Gasteiger partial charge in [0.05, 0.1) is 23.4 Å². The van der Waals surface area contributed by atoms with Gasteiger partial charge in [-0.3, -0.25) is 19.2 Å². The van der Waals surface area contributed by atoms with Crippen LogP contribution in [0.15, 0.2) is 0 Å². The topological polar surface area (TPSA) is 171 Å². The normalized spacial score (nSPS) is 38.7. The van der Waals surface area contributed by atoms with Crippen molar-refractivity contribution in [2.45, 2.75) is 160 Å². The molecule has 0 unspecified atom stereocenters. The Labute approximate surface area is 321 Å². The Kier molecular flexibility index (Phi) is 5.71. The predicted molar refractivity (Wildman–Crippen MR) is 188 cm³/mol. The Balaban J connectivity index is 1.85. The van der Waals surface area contributed by atoms with E-state index in [0.29, 0.717) is 12.8 Å². The standard InChI is InChI=1S/C36H61N5O7S/c1-10-11-15-24(27(42)30(44)37-22-16-17-22)38-29(43)26-25-23(35(25,8)9)20-41(26)31(45)28(33(2,3)4)39-32(46)40-36(18-13-12-14-19-36)21-49(47,48)34(5,6)7/h22-26,28H,10-21H2,1-9H3,(H,37,44)(H,38,43)(H2,39,40,46)/t23-,24+,25-,26-,28+/m0/s1/i1D3,10D2,11D2,12D2,13D2,14D2,15D2,18D2,19D2,24D. The molecular formula is C36H61N5O7S. The third-order valence-electron chi connectivity index (χ3n) is 9.34. The molecule has 1 aliphatic heterocycles. The largest absolute Gasteiger partial charge is 0.347 e. The minimum atomic E-state index is -4.92. The molecule has 0 aromatic carbocycles. The lowest BCUT2D eigenvalue weighted by molar-refractivity contribution is -0.145. The summed E-state index contributed by atoms with van der Waals surface area (Å²) >= 11 is 0. The van der Waals surface area contributed by atoms with Crippen molar-refractivity contribution in [3.8, 4) is 0 Å². The molecule has 0 aromatic rings. The average Bonchev–Trinajstić information content (AvgIpc) is 4.00. The molecule has 49 heavy (non-hydrogen) atoms. The highest BCUT2D eigenvalue weighted by molar-refractivity contribution is 7.92. The molecule has 5 amide bonds. The summed E-state index contributed by atoms with van der Waals surface area (Å²) in [4.78, 5) is 71.8. The molecule has 278 valence electrons. The Hall–Kier alpha value is -2.70. The van der Waals surface area contributed by atoms with E-state index in [0.717, 1.165) is 25.7 Å². The van der Waals surface area contributed by atoms with Gasteiger partial charge in [0.2, 0.25) is 17.6 Å². The summed E-state index contributed by atoms with van der Waals surface area (Å²) < 4.78 is 195. The minimum absolute atomic E-state index is 0.336. The fourth-order valence-electron chi connectivity index (χ4n) is 6.03. The fraction of sp³-hybridized carbons (Fsp3) is 0.861. The average molecular weight is 728 g/mol. The third-order valence-corrected chi connectivity index (χ3v) is 12.0. The van der Waals surface area contributed by atoms with E-state index in [1.807, 2.05) is 0 Å². The quantitative estimate of drug-likeness (QED) is 0.210. The van der Waals surface area contributed by atoms with Gasteiger partial charge in [-0.1, -0.05) is 73.3 Å². The van der Waals surface area contributed by atoms with Crippen molar-refractivity contribution in [3.05, 3.63) is 0 Å². The molecule has 13 heteroatoms. The second kappa shape index (κ2) is 14.1. The van der Waals surface area contributed by atoms with Crippen LogP contribution in [0.3, 0.4) is 0 Å². The number of carbonyl (C=O) groups is 5. The van der Waals surface area contributed by atoms with E-state index in [-0.39, 0.29) is 6.54 Å². The molecule has 0 bridgehead atoms. The van der Waals surface area contributed by atoms with E-state index in [1.54, 1.807) is 24.5 Å². The van der Waals surface area contributed by atoms with Gasteiger partial charge in [-0.2, -0.15) is 0 Å². The summed E-state index contributed by atoms with van der Waals surface area (Å²) in [5.41, 5.74) is -6.20. The number of nitrogens with one attached hydrogen (secondary N) is 4. The van der Waals surface area contributed by atoms with Gasteiger partial charge in [0, 0.05) is 38.6 Å².